The Morgan fingerprint density at radius 1 is 1.26 bits per heavy atom. The van der Waals surface area contributed by atoms with Crippen LogP contribution in [0.2, 0.25) is 5.02 Å². The minimum atomic E-state index is -0.456. The summed E-state index contributed by atoms with van der Waals surface area (Å²) in [5.41, 5.74) is 1.24. The van der Waals surface area contributed by atoms with Crippen molar-refractivity contribution in [2.75, 3.05) is 5.32 Å². The summed E-state index contributed by atoms with van der Waals surface area (Å²) in [6.07, 6.45) is 0. The normalized spacial score (nSPS) is 10.2. The molecule has 0 amide bonds. The Bertz CT molecular complexity index is 617. The molecule has 98 valence electrons. The van der Waals surface area contributed by atoms with E-state index in [1.165, 1.54) is 18.2 Å². The van der Waals surface area contributed by atoms with Crippen molar-refractivity contribution in [1.29, 1.82) is 0 Å². The Hall–Kier alpha value is -2.27. The molecular weight excluding hydrogens is 268 g/mol. The van der Waals surface area contributed by atoms with Crippen LogP contribution in [0.15, 0.2) is 42.5 Å². The third-order valence-corrected chi connectivity index (χ3v) is 2.82. The number of nitrogens with zero attached hydrogens (tertiary/aromatic N) is 1. The lowest BCUT2D eigenvalue weighted by Gasteiger charge is -2.08. The monoisotopic (exact) mass is 278 g/mol. The van der Waals surface area contributed by atoms with Gasteiger partial charge in [-0.15, -0.1) is 0 Å². The van der Waals surface area contributed by atoms with Gasteiger partial charge in [-0.3, -0.25) is 10.1 Å². The second kappa shape index (κ2) is 5.58. The van der Waals surface area contributed by atoms with E-state index in [1.807, 2.05) is 0 Å². The van der Waals surface area contributed by atoms with Gasteiger partial charge in [0.2, 0.25) is 0 Å². The highest BCUT2D eigenvalue weighted by Crippen LogP contribution is 2.23. The first-order valence-electron chi connectivity index (χ1n) is 5.52. The standard InChI is InChI=1S/C13H11ClN2O3/c14-10-4-5-13(17)9(6-10)8-15-11-2-1-3-12(7-11)16(18)19/h1-7,15,17H,8H2. The fraction of sp³-hybridized carbons (Fsp3) is 0.0769. The molecule has 0 atom stereocenters. The van der Waals surface area contributed by atoms with Crippen LogP contribution in [0.5, 0.6) is 5.75 Å². The van der Waals surface area contributed by atoms with E-state index in [9.17, 15) is 15.2 Å². The molecule has 6 heteroatoms. The molecule has 0 saturated carbocycles. The zero-order chi connectivity index (χ0) is 13.8. The lowest BCUT2D eigenvalue weighted by Crippen LogP contribution is -2.00. The maximum Gasteiger partial charge on any atom is 0.271 e. The minimum absolute atomic E-state index is 0.0142. The van der Waals surface area contributed by atoms with Crippen molar-refractivity contribution in [1.82, 2.24) is 0 Å². The largest absolute Gasteiger partial charge is 0.508 e. The predicted octanol–water partition coefficient (Wildman–Crippen LogP) is 3.57. The van der Waals surface area contributed by atoms with Crippen molar-refractivity contribution in [3.8, 4) is 5.75 Å². The van der Waals surface area contributed by atoms with Gasteiger partial charge in [0.25, 0.3) is 5.69 Å². The van der Waals surface area contributed by atoms with E-state index in [2.05, 4.69) is 5.32 Å². The zero-order valence-corrected chi connectivity index (χ0v) is 10.6. The molecule has 2 aromatic rings. The first-order chi connectivity index (χ1) is 9.06. The molecule has 2 N–H and O–H groups in total. The smallest absolute Gasteiger partial charge is 0.271 e. The van der Waals surface area contributed by atoms with E-state index in [1.54, 1.807) is 24.3 Å². The molecule has 19 heavy (non-hydrogen) atoms. The summed E-state index contributed by atoms with van der Waals surface area (Å²) in [7, 11) is 0. The summed E-state index contributed by atoms with van der Waals surface area (Å²) >= 11 is 5.84. The summed E-state index contributed by atoms with van der Waals surface area (Å²) in [5.74, 6) is 0.127. The lowest BCUT2D eigenvalue weighted by atomic mass is 10.2. The average Bonchev–Trinajstić information content (AvgIpc) is 2.40. The van der Waals surface area contributed by atoms with Gasteiger partial charge in [-0.25, -0.2) is 0 Å². The van der Waals surface area contributed by atoms with Crippen LogP contribution in [0, 0.1) is 10.1 Å². The summed E-state index contributed by atoms with van der Waals surface area (Å²) < 4.78 is 0. The minimum Gasteiger partial charge on any atom is -0.508 e. The van der Waals surface area contributed by atoms with Crippen molar-refractivity contribution < 1.29 is 10.0 Å². The van der Waals surface area contributed by atoms with Gasteiger partial charge in [-0.1, -0.05) is 17.7 Å². The third-order valence-electron chi connectivity index (χ3n) is 2.58. The zero-order valence-electron chi connectivity index (χ0n) is 9.84. The molecule has 0 radical (unpaired) electrons. The third kappa shape index (κ3) is 3.35. The van der Waals surface area contributed by atoms with E-state index in [4.69, 9.17) is 11.6 Å². The van der Waals surface area contributed by atoms with E-state index in [-0.39, 0.29) is 11.4 Å². The van der Waals surface area contributed by atoms with Crippen molar-refractivity contribution >= 4 is 23.0 Å². The molecule has 2 aromatic carbocycles. The number of hydrogen-bond acceptors (Lipinski definition) is 4. The van der Waals surface area contributed by atoms with Gasteiger partial charge in [0.15, 0.2) is 0 Å². The summed E-state index contributed by atoms with van der Waals surface area (Å²) in [5, 5.41) is 23.8. The van der Waals surface area contributed by atoms with E-state index >= 15 is 0 Å². The number of anilines is 1. The number of nitro benzene ring substituents is 1. The van der Waals surface area contributed by atoms with E-state index < -0.39 is 4.92 Å². The molecule has 0 unspecified atom stereocenters. The number of hydrogen-bond donors (Lipinski definition) is 2. The maximum absolute atomic E-state index is 10.6. The van der Waals surface area contributed by atoms with Crippen LogP contribution in [0.25, 0.3) is 0 Å². The molecule has 0 heterocycles. The van der Waals surface area contributed by atoms with Crippen LogP contribution in [0.1, 0.15) is 5.56 Å². The van der Waals surface area contributed by atoms with E-state index in [0.717, 1.165) is 0 Å². The second-order valence-electron chi connectivity index (χ2n) is 3.93. The average molecular weight is 279 g/mol. The van der Waals surface area contributed by atoms with Gasteiger partial charge >= 0.3 is 0 Å². The number of phenolic OH excluding ortho intramolecular Hbond substituents is 1. The van der Waals surface area contributed by atoms with E-state index in [0.29, 0.717) is 22.8 Å². The Morgan fingerprint density at radius 3 is 2.79 bits per heavy atom. The van der Waals surface area contributed by atoms with Gasteiger partial charge in [-0.2, -0.15) is 0 Å². The van der Waals surface area contributed by atoms with Gasteiger partial charge in [0.1, 0.15) is 5.75 Å². The van der Waals surface area contributed by atoms with Crippen LogP contribution in [-0.4, -0.2) is 10.0 Å². The van der Waals surface area contributed by atoms with Crippen molar-refractivity contribution in [2.24, 2.45) is 0 Å². The quantitative estimate of drug-likeness (QED) is 0.662. The fourth-order valence-electron chi connectivity index (χ4n) is 1.62. The van der Waals surface area contributed by atoms with Gasteiger partial charge < -0.3 is 10.4 Å². The molecule has 0 aliphatic rings. The van der Waals surface area contributed by atoms with Crippen molar-refractivity contribution in [3.05, 3.63) is 63.2 Å². The van der Waals surface area contributed by atoms with Gasteiger partial charge in [0.05, 0.1) is 4.92 Å². The molecule has 0 spiro atoms. The SMILES string of the molecule is O=[N+]([O-])c1cccc(NCc2cc(Cl)ccc2O)c1. The van der Waals surface area contributed by atoms with Gasteiger partial charge in [0, 0.05) is 35.0 Å². The molecule has 0 fully saturated rings. The van der Waals surface area contributed by atoms with Crippen LogP contribution >= 0.6 is 11.6 Å². The molecule has 0 aliphatic carbocycles. The molecule has 0 saturated heterocycles. The number of phenols is 1. The summed E-state index contributed by atoms with van der Waals surface area (Å²) in [6.45, 7) is 0.327. The predicted molar refractivity (Wildman–Crippen MR) is 73.5 cm³/mol. The molecule has 2 rings (SSSR count). The first-order valence-corrected chi connectivity index (χ1v) is 5.90. The molecule has 0 aliphatic heterocycles. The summed E-state index contributed by atoms with van der Waals surface area (Å²) in [4.78, 5) is 10.2. The van der Waals surface area contributed by atoms with Gasteiger partial charge in [-0.05, 0) is 24.3 Å². The number of nitrogens with one attached hydrogen (secondary N) is 1. The van der Waals surface area contributed by atoms with Crippen LogP contribution in [0.3, 0.4) is 0 Å². The van der Waals surface area contributed by atoms with Crippen LogP contribution in [0.4, 0.5) is 11.4 Å². The number of nitro groups is 1. The second-order valence-corrected chi connectivity index (χ2v) is 4.37. The molecule has 0 aromatic heterocycles. The topological polar surface area (TPSA) is 75.4 Å². The lowest BCUT2D eigenvalue weighted by molar-refractivity contribution is -0.384. The number of halogens is 1. The van der Waals surface area contributed by atoms with Crippen molar-refractivity contribution in [2.45, 2.75) is 6.54 Å². The molecular formula is C13H11ClN2O3. The Labute approximate surface area is 114 Å². The first kappa shape index (κ1) is 13.2. The Morgan fingerprint density at radius 2 is 2.05 bits per heavy atom. The van der Waals surface area contributed by atoms with Crippen molar-refractivity contribution in [3.63, 3.8) is 0 Å². The van der Waals surface area contributed by atoms with Crippen LogP contribution in [-0.2, 0) is 6.54 Å². The highest BCUT2D eigenvalue weighted by atomic mass is 35.5. The highest BCUT2D eigenvalue weighted by molar-refractivity contribution is 6.30. The maximum atomic E-state index is 10.6. The number of aromatic hydroxyl groups is 1. The number of rotatable bonds is 4. The summed E-state index contributed by atoms with van der Waals surface area (Å²) in [6, 6.07) is 10.9. The fourth-order valence-corrected chi connectivity index (χ4v) is 1.82. The number of benzene rings is 2. The molecule has 5 nitrogen and oxygen atoms in total. The Kier molecular flexibility index (Phi) is 3.87. The molecule has 0 bridgehead atoms. The van der Waals surface area contributed by atoms with Crippen LogP contribution < -0.4 is 5.32 Å². The highest BCUT2D eigenvalue weighted by Gasteiger charge is 2.06. The Balaban J connectivity index is 2.12. The number of non-ortho nitro benzene ring substituents is 1.